The number of benzene rings is 1. The van der Waals surface area contributed by atoms with E-state index in [1.165, 1.54) is 0 Å². The Kier molecular flexibility index (Phi) is 4.26. The highest BCUT2D eigenvalue weighted by Gasteiger charge is 2.12. The second kappa shape index (κ2) is 5.73. The second-order valence-corrected chi connectivity index (χ2v) is 3.01. The van der Waals surface area contributed by atoms with E-state index in [-0.39, 0.29) is 13.1 Å². The topological polar surface area (TPSA) is 76.7 Å². The molecule has 5 heteroatoms. The minimum Gasteiger partial charge on any atom is -0.386 e. The lowest BCUT2D eigenvalue weighted by atomic mass is 10.1. The number of hydrogen-bond acceptors (Lipinski definition) is 4. The van der Waals surface area contributed by atoms with E-state index in [2.05, 4.69) is 5.29 Å². The first-order valence-corrected chi connectivity index (χ1v) is 4.46. The molecule has 1 atom stereocenters. The van der Waals surface area contributed by atoms with E-state index in [9.17, 15) is 10.0 Å². The predicted octanol–water partition coefficient (Wildman–Crippen LogP) is 1.23. The maximum atomic E-state index is 10.3. The van der Waals surface area contributed by atoms with E-state index < -0.39 is 6.10 Å². The van der Waals surface area contributed by atoms with Crippen LogP contribution in [0, 0.1) is 16.2 Å². The number of nitrogens with zero attached hydrogens (tertiary/aromatic N) is 3. The molecule has 1 N–H and O–H groups in total. The summed E-state index contributed by atoms with van der Waals surface area (Å²) in [7, 11) is 0. The highest BCUT2D eigenvalue weighted by molar-refractivity contribution is 5.17. The molecule has 1 aromatic carbocycles. The highest BCUT2D eigenvalue weighted by atomic mass is 16.3. The summed E-state index contributed by atoms with van der Waals surface area (Å²) in [6, 6.07) is 10.7. The van der Waals surface area contributed by atoms with Gasteiger partial charge in [-0.15, -0.1) is 4.91 Å². The number of nitriles is 1. The van der Waals surface area contributed by atoms with Gasteiger partial charge in [0.25, 0.3) is 0 Å². The minimum absolute atomic E-state index is 0.0288. The number of rotatable bonds is 5. The zero-order valence-corrected chi connectivity index (χ0v) is 8.08. The Labute approximate surface area is 87.5 Å². The third-order valence-corrected chi connectivity index (χ3v) is 1.94. The van der Waals surface area contributed by atoms with Gasteiger partial charge in [-0.1, -0.05) is 30.3 Å². The van der Waals surface area contributed by atoms with Crippen molar-refractivity contribution in [3.05, 3.63) is 40.8 Å². The second-order valence-electron chi connectivity index (χ2n) is 3.01. The van der Waals surface area contributed by atoms with E-state index in [4.69, 9.17) is 5.26 Å². The molecule has 0 aliphatic rings. The third-order valence-electron chi connectivity index (χ3n) is 1.94. The molecule has 15 heavy (non-hydrogen) atoms. The Hall–Kier alpha value is -1.93. The first-order chi connectivity index (χ1) is 7.27. The fourth-order valence-corrected chi connectivity index (χ4v) is 1.19. The number of nitroso groups, excluding NO2 is 1. The van der Waals surface area contributed by atoms with Crippen molar-refractivity contribution in [2.24, 2.45) is 5.29 Å². The number of aliphatic hydroxyl groups is 1. The lowest BCUT2D eigenvalue weighted by molar-refractivity contribution is 0.121. The summed E-state index contributed by atoms with van der Waals surface area (Å²) in [5, 5.41) is 21.7. The Morgan fingerprint density at radius 1 is 1.47 bits per heavy atom. The molecule has 1 rings (SSSR count). The van der Waals surface area contributed by atoms with Gasteiger partial charge in [0.2, 0.25) is 0 Å². The van der Waals surface area contributed by atoms with Crippen molar-refractivity contribution in [1.82, 2.24) is 5.01 Å². The van der Waals surface area contributed by atoms with Gasteiger partial charge in [0.1, 0.15) is 6.54 Å². The standard InChI is InChI=1S/C10H11N3O2/c11-6-7-13(12-15)8-10(14)9-4-2-1-3-5-9/h1-5,10,14H,7-8H2. The van der Waals surface area contributed by atoms with Crippen LogP contribution in [-0.2, 0) is 0 Å². The summed E-state index contributed by atoms with van der Waals surface area (Å²) in [5.74, 6) is 0. The zero-order chi connectivity index (χ0) is 11.1. The molecule has 0 saturated heterocycles. The van der Waals surface area contributed by atoms with Gasteiger partial charge in [0.05, 0.1) is 24.0 Å². The van der Waals surface area contributed by atoms with Crippen LogP contribution in [0.2, 0.25) is 0 Å². The quantitative estimate of drug-likeness (QED) is 0.445. The Morgan fingerprint density at radius 2 is 2.13 bits per heavy atom. The molecule has 1 aromatic rings. The molecule has 1 unspecified atom stereocenters. The summed E-state index contributed by atoms with van der Waals surface area (Å²) in [5.41, 5.74) is 0.698. The van der Waals surface area contributed by atoms with Crippen LogP contribution in [0.15, 0.2) is 35.6 Å². The summed E-state index contributed by atoms with van der Waals surface area (Å²) in [6.07, 6.45) is -0.808. The Morgan fingerprint density at radius 3 is 2.67 bits per heavy atom. The largest absolute Gasteiger partial charge is 0.386 e. The molecule has 0 fully saturated rings. The molecule has 0 bridgehead atoms. The molecule has 0 radical (unpaired) electrons. The normalized spacial score (nSPS) is 11.5. The van der Waals surface area contributed by atoms with Gasteiger partial charge in [-0.25, -0.2) is 5.01 Å². The van der Waals surface area contributed by atoms with Crippen LogP contribution in [0.5, 0.6) is 0 Å². The predicted molar refractivity (Wildman–Crippen MR) is 54.4 cm³/mol. The minimum atomic E-state index is -0.808. The van der Waals surface area contributed by atoms with Crippen molar-refractivity contribution in [2.75, 3.05) is 13.1 Å². The van der Waals surface area contributed by atoms with Crippen molar-refractivity contribution in [2.45, 2.75) is 6.10 Å². The van der Waals surface area contributed by atoms with E-state index >= 15 is 0 Å². The van der Waals surface area contributed by atoms with Crippen molar-refractivity contribution < 1.29 is 5.11 Å². The van der Waals surface area contributed by atoms with Gasteiger partial charge in [0.15, 0.2) is 0 Å². The first kappa shape index (κ1) is 11.1. The lowest BCUT2D eigenvalue weighted by Gasteiger charge is -2.16. The summed E-state index contributed by atoms with van der Waals surface area (Å²) in [6.45, 7) is -0.0888. The van der Waals surface area contributed by atoms with Crippen LogP contribution in [0.3, 0.4) is 0 Å². The average Bonchev–Trinajstić information content (AvgIpc) is 2.29. The van der Waals surface area contributed by atoms with Gasteiger partial charge in [-0.2, -0.15) is 5.26 Å². The SMILES string of the molecule is N#CCN(CC(O)c1ccccc1)N=O. The Bertz CT molecular complexity index is 347. The maximum Gasteiger partial charge on any atom is 0.126 e. The fourth-order valence-electron chi connectivity index (χ4n) is 1.19. The van der Waals surface area contributed by atoms with Crippen molar-refractivity contribution >= 4 is 0 Å². The maximum absolute atomic E-state index is 10.3. The average molecular weight is 205 g/mol. The zero-order valence-electron chi connectivity index (χ0n) is 8.08. The van der Waals surface area contributed by atoms with E-state index in [1.807, 2.05) is 6.07 Å². The molecule has 0 amide bonds. The van der Waals surface area contributed by atoms with Crippen LogP contribution < -0.4 is 0 Å². The fraction of sp³-hybridized carbons (Fsp3) is 0.300. The smallest absolute Gasteiger partial charge is 0.126 e. The van der Waals surface area contributed by atoms with E-state index in [1.54, 1.807) is 30.3 Å². The monoisotopic (exact) mass is 205 g/mol. The van der Waals surface area contributed by atoms with Gasteiger partial charge >= 0.3 is 0 Å². The molecule has 78 valence electrons. The lowest BCUT2D eigenvalue weighted by Crippen LogP contribution is -2.23. The molecule has 0 aliphatic heterocycles. The van der Waals surface area contributed by atoms with Crippen LogP contribution in [0.4, 0.5) is 0 Å². The first-order valence-electron chi connectivity index (χ1n) is 4.46. The van der Waals surface area contributed by atoms with Gasteiger partial charge in [-0.3, -0.25) is 0 Å². The van der Waals surface area contributed by atoms with Crippen LogP contribution in [-0.4, -0.2) is 23.2 Å². The summed E-state index contributed by atoms with van der Waals surface area (Å²) in [4.78, 5) is 10.3. The summed E-state index contributed by atoms with van der Waals surface area (Å²) >= 11 is 0. The van der Waals surface area contributed by atoms with Crippen molar-refractivity contribution in [1.29, 1.82) is 5.26 Å². The van der Waals surface area contributed by atoms with Crippen molar-refractivity contribution in [3.8, 4) is 6.07 Å². The molecular weight excluding hydrogens is 194 g/mol. The van der Waals surface area contributed by atoms with Crippen LogP contribution in [0.1, 0.15) is 11.7 Å². The molecular formula is C10H11N3O2. The molecule has 0 heterocycles. The molecule has 0 aromatic heterocycles. The van der Waals surface area contributed by atoms with E-state index in [0.29, 0.717) is 5.56 Å². The van der Waals surface area contributed by atoms with E-state index in [0.717, 1.165) is 5.01 Å². The molecule has 0 spiro atoms. The van der Waals surface area contributed by atoms with Gasteiger partial charge in [0, 0.05) is 0 Å². The number of hydrogen-bond donors (Lipinski definition) is 1. The molecule has 0 aliphatic carbocycles. The third kappa shape index (κ3) is 3.37. The van der Waals surface area contributed by atoms with Gasteiger partial charge in [-0.05, 0) is 5.56 Å². The van der Waals surface area contributed by atoms with Crippen molar-refractivity contribution in [3.63, 3.8) is 0 Å². The highest BCUT2D eigenvalue weighted by Crippen LogP contribution is 2.13. The van der Waals surface area contributed by atoms with Crippen LogP contribution >= 0.6 is 0 Å². The van der Waals surface area contributed by atoms with Crippen LogP contribution in [0.25, 0.3) is 0 Å². The van der Waals surface area contributed by atoms with Gasteiger partial charge < -0.3 is 5.11 Å². The Balaban J connectivity index is 2.59. The summed E-state index contributed by atoms with van der Waals surface area (Å²) < 4.78 is 0. The number of aliphatic hydroxyl groups excluding tert-OH is 1. The molecule has 0 saturated carbocycles. The molecule has 5 nitrogen and oxygen atoms in total.